The number of thioether (sulfide) groups is 1. The molecular formula is C20H23ClF3NO3S. The van der Waals surface area contributed by atoms with Crippen LogP contribution in [-0.4, -0.2) is 41.2 Å². The minimum Gasteiger partial charge on any atom is -0.496 e. The van der Waals surface area contributed by atoms with Crippen molar-refractivity contribution < 1.29 is 27.8 Å². The molecule has 1 aromatic rings. The van der Waals surface area contributed by atoms with Crippen molar-refractivity contribution in [1.82, 2.24) is 4.90 Å². The third kappa shape index (κ3) is 4.92. The summed E-state index contributed by atoms with van der Waals surface area (Å²) in [6.45, 7) is 4.63. The number of nitrogens with zero attached hydrogens (tertiary/aromatic N) is 1. The molecule has 1 atom stereocenters. The van der Waals surface area contributed by atoms with Crippen molar-refractivity contribution in [2.24, 2.45) is 0 Å². The van der Waals surface area contributed by atoms with Gasteiger partial charge in [0.1, 0.15) is 5.75 Å². The fraction of sp³-hybridized carbons (Fsp3) is 0.450. The topological polar surface area (TPSA) is 49.8 Å². The molecule has 0 bridgehead atoms. The van der Waals surface area contributed by atoms with Crippen LogP contribution in [0.4, 0.5) is 13.2 Å². The van der Waals surface area contributed by atoms with Crippen LogP contribution in [0.3, 0.4) is 0 Å². The Balaban J connectivity index is 2.47. The second-order valence-electron chi connectivity index (χ2n) is 6.78. The first kappa shape index (κ1) is 23.6. The van der Waals surface area contributed by atoms with Gasteiger partial charge in [0.2, 0.25) is 0 Å². The number of ketones is 1. The summed E-state index contributed by atoms with van der Waals surface area (Å²) in [6.07, 6.45) is -2.05. The molecule has 0 aromatic heterocycles. The van der Waals surface area contributed by atoms with Gasteiger partial charge in [-0.05, 0) is 38.5 Å². The minimum atomic E-state index is -4.84. The monoisotopic (exact) mass is 449 g/mol. The lowest BCUT2D eigenvalue weighted by Gasteiger charge is -2.27. The second kappa shape index (κ2) is 9.02. The zero-order valence-corrected chi connectivity index (χ0v) is 18.1. The van der Waals surface area contributed by atoms with Gasteiger partial charge in [-0.1, -0.05) is 36.7 Å². The van der Waals surface area contributed by atoms with Crippen molar-refractivity contribution >= 4 is 29.1 Å². The Morgan fingerprint density at radius 2 is 2.03 bits per heavy atom. The van der Waals surface area contributed by atoms with Gasteiger partial charge in [0.15, 0.2) is 11.4 Å². The first-order chi connectivity index (χ1) is 13.4. The molecule has 1 unspecified atom stereocenters. The Bertz CT molecular complexity index is 850. The molecule has 0 saturated carbocycles. The Labute approximate surface area is 177 Å². The van der Waals surface area contributed by atoms with E-state index in [4.69, 9.17) is 16.3 Å². The van der Waals surface area contributed by atoms with Gasteiger partial charge in [0.25, 0.3) is 0 Å². The van der Waals surface area contributed by atoms with Gasteiger partial charge in [-0.25, -0.2) is 0 Å². The Hall–Kier alpha value is -1.64. The lowest BCUT2D eigenvalue weighted by atomic mass is 10.0. The second-order valence-corrected chi connectivity index (χ2v) is 8.25. The number of hydrogen-bond donors (Lipinski definition) is 1. The molecule has 160 valence electrons. The number of aliphatic hydroxyl groups is 1. The molecule has 1 aliphatic heterocycles. The smallest absolute Gasteiger partial charge is 0.421 e. The van der Waals surface area contributed by atoms with Crippen molar-refractivity contribution in [3.8, 4) is 5.75 Å². The molecule has 1 aromatic carbocycles. The van der Waals surface area contributed by atoms with Gasteiger partial charge >= 0.3 is 6.18 Å². The van der Waals surface area contributed by atoms with Gasteiger partial charge in [-0.3, -0.25) is 4.79 Å². The molecule has 0 radical (unpaired) electrons. The van der Waals surface area contributed by atoms with Crippen LogP contribution < -0.4 is 4.74 Å². The number of ether oxygens (including phenoxy) is 1. The van der Waals surface area contributed by atoms with E-state index >= 15 is 0 Å². The highest BCUT2D eigenvalue weighted by atomic mass is 35.5. The number of alkyl halides is 3. The van der Waals surface area contributed by atoms with Crippen LogP contribution >= 0.6 is 23.4 Å². The number of benzene rings is 1. The molecule has 9 heteroatoms. The number of methoxy groups -OCH3 is 1. The number of unbranched alkanes of at least 4 members (excludes halogenated alkanes) is 1. The normalized spacial score (nSPS) is 18.4. The predicted molar refractivity (Wildman–Crippen MR) is 109 cm³/mol. The number of carbonyl (C=O) groups is 1. The van der Waals surface area contributed by atoms with E-state index in [2.05, 4.69) is 0 Å². The molecule has 4 nitrogen and oxygen atoms in total. The largest absolute Gasteiger partial charge is 0.496 e. The minimum absolute atomic E-state index is 0.206. The Kier molecular flexibility index (Phi) is 7.35. The third-order valence-electron chi connectivity index (χ3n) is 4.62. The van der Waals surface area contributed by atoms with Crippen LogP contribution in [0.5, 0.6) is 5.75 Å². The van der Waals surface area contributed by atoms with E-state index in [1.54, 1.807) is 17.0 Å². The summed E-state index contributed by atoms with van der Waals surface area (Å²) in [4.78, 5) is 14.3. The zero-order valence-electron chi connectivity index (χ0n) is 16.6. The quantitative estimate of drug-likeness (QED) is 0.423. The van der Waals surface area contributed by atoms with Crippen molar-refractivity contribution in [1.29, 1.82) is 0 Å². The SMILES string of the molecule is CCCCN1C(=CC(=O)c2cc(Cl)ccc2OC)SC(C(C)(O)C(F)(F)F)=C1C. The van der Waals surface area contributed by atoms with Gasteiger partial charge in [-0.15, -0.1) is 0 Å². The van der Waals surface area contributed by atoms with Crippen LogP contribution in [0, 0.1) is 0 Å². The summed E-state index contributed by atoms with van der Waals surface area (Å²) in [5, 5.41) is 10.8. The van der Waals surface area contributed by atoms with Crippen molar-refractivity contribution in [3.63, 3.8) is 0 Å². The first-order valence-corrected chi connectivity index (χ1v) is 10.2. The lowest BCUT2D eigenvalue weighted by Crippen LogP contribution is -2.43. The molecule has 29 heavy (non-hydrogen) atoms. The van der Waals surface area contributed by atoms with Gasteiger partial charge in [0, 0.05) is 23.3 Å². The predicted octanol–water partition coefficient (Wildman–Crippen LogP) is 5.77. The molecule has 0 fully saturated rings. The number of hydrogen-bond acceptors (Lipinski definition) is 5. The average Bonchev–Trinajstić information content (AvgIpc) is 2.94. The van der Waals surface area contributed by atoms with E-state index in [0.717, 1.165) is 25.1 Å². The van der Waals surface area contributed by atoms with Crippen LogP contribution in [0.25, 0.3) is 0 Å². The molecule has 1 heterocycles. The van der Waals surface area contributed by atoms with Gasteiger partial charge < -0.3 is 14.7 Å². The van der Waals surface area contributed by atoms with Crippen molar-refractivity contribution in [2.75, 3.05) is 13.7 Å². The van der Waals surface area contributed by atoms with Crippen LogP contribution in [0.1, 0.15) is 44.0 Å². The summed E-state index contributed by atoms with van der Waals surface area (Å²) in [5.74, 6) is -0.138. The molecule has 0 amide bonds. The summed E-state index contributed by atoms with van der Waals surface area (Å²) in [6, 6.07) is 4.57. The van der Waals surface area contributed by atoms with E-state index in [-0.39, 0.29) is 16.2 Å². The summed E-state index contributed by atoms with van der Waals surface area (Å²) in [7, 11) is 1.41. The maximum atomic E-state index is 13.4. The number of rotatable bonds is 7. The van der Waals surface area contributed by atoms with Crippen LogP contribution in [0.15, 0.2) is 39.9 Å². The highest BCUT2D eigenvalue weighted by Gasteiger charge is 2.55. The van der Waals surface area contributed by atoms with E-state index in [1.807, 2.05) is 6.92 Å². The lowest BCUT2D eigenvalue weighted by molar-refractivity contribution is -0.234. The average molecular weight is 450 g/mol. The first-order valence-electron chi connectivity index (χ1n) is 8.99. The molecule has 1 N–H and O–H groups in total. The molecule has 0 spiro atoms. The van der Waals surface area contributed by atoms with E-state index in [1.165, 1.54) is 26.2 Å². The highest BCUT2D eigenvalue weighted by molar-refractivity contribution is 8.07. The molecule has 2 rings (SSSR count). The van der Waals surface area contributed by atoms with Gasteiger partial charge in [-0.2, -0.15) is 13.2 Å². The highest BCUT2D eigenvalue weighted by Crippen LogP contribution is 2.51. The summed E-state index contributed by atoms with van der Waals surface area (Å²) >= 11 is 6.73. The maximum Gasteiger partial charge on any atom is 0.421 e. The number of carbonyl (C=O) groups excluding carboxylic acids is 1. The molecule has 0 aliphatic carbocycles. The van der Waals surface area contributed by atoms with E-state index < -0.39 is 17.6 Å². The Morgan fingerprint density at radius 1 is 1.38 bits per heavy atom. The van der Waals surface area contributed by atoms with Crippen LogP contribution in [0.2, 0.25) is 5.02 Å². The molecule has 1 aliphatic rings. The van der Waals surface area contributed by atoms with Gasteiger partial charge in [0.05, 0.1) is 22.6 Å². The third-order valence-corrected chi connectivity index (χ3v) is 6.30. The number of halogens is 4. The zero-order chi connectivity index (χ0) is 22.0. The van der Waals surface area contributed by atoms with Crippen LogP contribution in [-0.2, 0) is 0 Å². The molecule has 0 saturated heterocycles. The van der Waals surface area contributed by atoms with Crippen molar-refractivity contribution in [2.45, 2.75) is 45.4 Å². The summed E-state index contributed by atoms with van der Waals surface area (Å²) < 4.78 is 45.4. The standard InChI is InChI=1S/C20H23ClF3NO3S/c1-5-6-9-25-12(2)18(19(3,27)20(22,23)24)29-17(25)11-15(26)14-10-13(21)7-8-16(14)28-4/h7-8,10-11,27H,5-6,9H2,1-4H3. The van der Waals surface area contributed by atoms with E-state index in [9.17, 15) is 23.1 Å². The Morgan fingerprint density at radius 3 is 2.59 bits per heavy atom. The fourth-order valence-electron chi connectivity index (χ4n) is 2.87. The maximum absolute atomic E-state index is 13.4. The molecular weight excluding hydrogens is 427 g/mol. The van der Waals surface area contributed by atoms with E-state index in [0.29, 0.717) is 28.8 Å². The fourth-order valence-corrected chi connectivity index (χ4v) is 4.32. The van der Waals surface area contributed by atoms with Crippen molar-refractivity contribution in [3.05, 3.63) is 50.5 Å². The summed E-state index contributed by atoms with van der Waals surface area (Å²) in [5.41, 5.74) is -2.53. The number of allylic oxidation sites excluding steroid dienone is 2.